The standard InChI is InChI=1S/C28H23N5O5S2/c1-35-19-9-22(20-11-24(38-23(20)10-19)21-12-33-27(31-21)40-28(32-33)36-2)37-13-18-14-39-26(30-18)16-5-3-15(4-6-16)25(34)29-17-7-8-17/h3-6,9-12,14,17H,7-8,13H2,1-2H3,(H,29,34). The van der Waals surface area contributed by atoms with E-state index in [1.54, 1.807) is 24.9 Å². The van der Waals surface area contributed by atoms with Gasteiger partial charge in [-0.25, -0.2) is 14.5 Å². The number of aromatic nitrogens is 4. The zero-order valence-corrected chi connectivity index (χ0v) is 23.2. The van der Waals surface area contributed by atoms with Crippen molar-refractivity contribution in [2.24, 2.45) is 0 Å². The van der Waals surface area contributed by atoms with Crippen LogP contribution in [-0.4, -0.2) is 45.8 Å². The zero-order chi connectivity index (χ0) is 27.2. The summed E-state index contributed by atoms with van der Waals surface area (Å²) in [5.74, 6) is 1.80. The highest BCUT2D eigenvalue weighted by atomic mass is 32.1. The first kappa shape index (κ1) is 24.6. The maximum atomic E-state index is 12.3. The SMILES string of the molecule is COc1cc(OCc2csc(-c3ccc(C(=O)NC4CC4)cc3)n2)c2cc(-c3cn4nc(OC)sc4n3)oc2c1. The highest BCUT2D eigenvalue weighted by Gasteiger charge is 2.24. The average molecular weight is 574 g/mol. The maximum absolute atomic E-state index is 12.3. The molecule has 1 N–H and O–H groups in total. The van der Waals surface area contributed by atoms with Crippen LogP contribution in [0.5, 0.6) is 16.7 Å². The van der Waals surface area contributed by atoms with Crippen LogP contribution in [0, 0.1) is 0 Å². The minimum absolute atomic E-state index is 0.0288. The van der Waals surface area contributed by atoms with E-state index in [9.17, 15) is 4.79 Å². The van der Waals surface area contributed by atoms with E-state index in [1.807, 2.05) is 47.8 Å². The second-order valence-corrected chi connectivity index (χ2v) is 11.1. The Hall–Kier alpha value is -4.42. The Kier molecular flexibility index (Phi) is 6.13. The molecule has 202 valence electrons. The van der Waals surface area contributed by atoms with Gasteiger partial charge in [-0.05, 0) is 42.4 Å². The normalized spacial score (nSPS) is 13.2. The van der Waals surface area contributed by atoms with Gasteiger partial charge in [0.05, 0.1) is 31.5 Å². The van der Waals surface area contributed by atoms with Crippen LogP contribution in [0.3, 0.4) is 0 Å². The van der Waals surface area contributed by atoms with E-state index < -0.39 is 0 Å². The quantitative estimate of drug-likeness (QED) is 0.230. The molecular formula is C28H23N5O5S2. The molecule has 0 aliphatic heterocycles. The van der Waals surface area contributed by atoms with Crippen molar-refractivity contribution in [1.29, 1.82) is 0 Å². The molecule has 40 heavy (non-hydrogen) atoms. The third-order valence-electron chi connectivity index (χ3n) is 6.49. The number of furan rings is 1. The monoisotopic (exact) mass is 573 g/mol. The van der Waals surface area contributed by atoms with Crippen molar-refractivity contribution in [3.05, 3.63) is 65.3 Å². The summed E-state index contributed by atoms with van der Waals surface area (Å²) in [5, 5.41) is 11.5. The van der Waals surface area contributed by atoms with Crippen molar-refractivity contribution in [2.45, 2.75) is 25.5 Å². The number of hydrogen-bond donors (Lipinski definition) is 1. The Bertz CT molecular complexity index is 1820. The van der Waals surface area contributed by atoms with Crippen LogP contribution in [0.25, 0.3) is 38.0 Å². The summed E-state index contributed by atoms with van der Waals surface area (Å²) < 4.78 is 24.7. The summed E-state index contributed by atoms with van der Waals surface area (Å²) in [7, 11) is 3.18. The number of thiazole rings is 1. The molecular weight excluding hydrogens is 550 g/mol. The third-order valence-corrected chi connectivity index (χ3v) is 8.32. The Morgan fingerprint density at radius 2 is 1.98 bits per heavy atom. The van der Waals surface area contributed by atoms with Gasteiger partial charge in [0.1, 0.15) is 34.4 Å². The smallest absolute Gasteiger partial charge is 0.294 e. The van der Waals surface area contributed by atoms with Crippen LogP contribution in [-0.2, 0) is 6.61 Å². The number of imidazole rings is 1. The molecule has 2 aromatic carbocycles. The molecule has 4 heterocycles. The number of amides is 1. The van der Waals surface area contributed by atoms with Gasteiger partial charge in [0.25, 0.3) is 11.1 Å². The minimum Gasteiger partial charge on any atom is -0.496 e. The molecule has 4 aromatic heterocycles. The summed E-state index contributed by atoms with van der Waals surface area (Å²) in [5.41, 5.74) is 3.68. The zero-order valence-electron chi connectivity index (χ0n) is 21.5. The second kappa shape index (κ2) is 9.96. The number of rotatable bonds is 9. The van der Waals surface area contributed by atoms with E-state index in [4.69, 9.17) is 23.6 Å². The molecule has 1 aliphatic rings. The van der Waals surface area contributed by atoms with Crippen molar-refractivity contribution in [2.75, 3.05) is 14.2 Å². The molecule has 12 heteroatoms. The van der Waals surface area contributed by atoms with Gasteiger partial charge in [0.15, 0.2) is 5.76 Å². The lowest BCUT2D eigenvalue weighted by molar-refractivity contribution is 0.0951. The van der Waals surface area contributed by atoms with Gasteiger partial charge in [-0.3, -0.25) is 4.79 Å². The Labute approximate surface area is 236 Å². The van der Waals surface area contributed by atoms with Gasteiger partial charge < -0.3 is 23.9 Å². The molecule has 1 saturated carbocycles. The predicted molar refractivity (Wildman–Crippen MR) is 152 cm³/mol. The molecule has 6 aromatic rings. The summed E-state index contributed by atoms with van der Waals surface area (Å²) in [4.78, 5) is 22.3. The van der Waals surface area contributed by atoms with Gasteiger partial charge in [-0.1, -0.05) is 12.1 Å². The molecule has 0 radical (unpaired) electrons. The van der Waals surface area contributed by atoms with Crippen LogP contribution in [0.1, 0.15) is 28.9 Å². The molecule has 0 atom stereocenters. The van der Waals surface area contributed by atoms with Gasteiger partial charge in [-0.2, -0.15) is 0 Å². The number of carbonyl (C=O) groups excluding carboxylic acids is 1. The van der Waals surface area contributed by atoms with E-state index in [2.05, 4.69) is 15.4 Å². The number of ether oxygens (including phenoxy) is 3. The summed E-state index contributed by atoms with van der Waals surface area (Å²) >= 11 is 2.88. The summed E-state index contributed by atoms with van der Waals surface area (Å²) in [6, 6.07) is 13.4. The van der Waals surface area contributed by atoms with Gasteiger partial charge >= 0.3 is 0 Å². The van der Waals surface area contributed by atoms with Crippen LogP contribution >= 0.6 is 22.7 Å². The first-order valence-electron chi connectivity index (χ1n) is 12.6. The molecule has 0 unspecified atom stereocenters. The van der Waals surface area contributed by atoms with Crippen LogP contribution < -0.4 is 19.5 Å². The highest BCUT2D eigenvalue weighted by Crippen LogP contribution is 2.38. The maximum Gasteiger partial charge on any atom is 0.294 e. The van der Waals surface area contributed by atoms with Crippen LogP contribution in [0.15, 0.2) is 58.5 Å². The molecule has 1 fully saturated rings. The van der Waals surface area contributed by atoms with Crippen LogP contribution in [0.4, 0.5) is 0 Å². The van der Waals surface area contributed by atoms with Crippen molar-refractivity contribution < 1.29 is 23.4 Å². The lowest BCUT2D eigenvalue weighted by Gasteiger charge is -2.08. The number of nitrogens with zero attached hydrogens (tertiary/aromatic N) is 4. The predicted octanol–water partition coefficient (Wildman–Crippen LogP) is 5.82. The largest absolute Gasteiger partial charge is 0.496 e. The molecule has 1 amide bonds. The first-order chi connectivity index (χ1) is 19.6. The third kappa shape index (κ3) is 4.75. The average Bonchev–Trinajstić information content (AvgIpc) is 3.35. The second-order valence-electron chi connectivity index (χ2n) is 9.33. The highest BCUT2D eigenvalue weighted by molar-refractivity contribution is 7.18. The van der Waals surface area contributed by atoms with Crippen molar-refractivity contribution >= 4 is 44.5 Å². The number of fused-ring (bicyclic) bond motifs is 2. The molecule has 0 bridgehead atoms. The fourth-order valence-corrected chi connectivity index (χ4v) is 5.76. The Balaban J connectivity index is 1.10. The molecule has 10 nitrogen and oxygen atoms in total. The van der Waals surface area contributed by atoms with E-state index in [1.165, 1.54) is 22.7 Å². The molecule has 7 rings (SSSR count). The fraction of sp³-hybridized carbons (Fsp3) is 0.214. The van der Waals surface area contributed by atoms with Crippen molar-refractivity contribution in [3.63, 3.8) is 0 Å². The van der Waals surface area contributed by atoms with E-state index in [0.717, 1.165) is 34.5 Å². The van der Waals surface area contributed by atoms with Crippen LogP contribution in [0.2, 0.25) is 0 Å². The Morgan fingerprint density at radius 3 is 2.73 bits per heavy atom. The van der Waals surface area contributed by atoms with Gasteiger partial charge in [0, 0.05) is 34.7 Å². The number of hydrogen-bond acceptors (Lipinski definition) is 10. The molecule has 1 aliphatic carbocycles. The number of nitrogens with one attached hydrogen (secondary N) is 1. The van der Waals surface area contributed by atoms with Crippen molar-refractivity contribution in [3.8, 4) is 38.7 Å². The number of carbonyl (C=O) groups is 1. The first-order valence-corrected chi connectivity index (χ1v) is 14.3. The minimum atomic E-state index is -0.0288. The van der Waals surface area contributed by atoms with Crippen molar-refractivity contribution in [1.82, 2.24) is 24.9 Å². The van der Waals surface area contributed by atoms with E-state index >= 15 is 0 Å². The fourth-order valence-electron chi connectivity index (χ4n) is 4.25. The summed E-state index contributed by atoms with van der Waals surface area (Å²) in [6.07, 6.45) is 3.92. The lowest BCUT2D eigenvalue weighted by Crippen LogP contribution is -2.25. The van der Waals surface area contributed by atoms with E-state index in [0.29, 0.717) is 50.3 Å². The summed E-state index contributed by atoms with van der Waals surface area (Å²) in [6.45, 7) is 0.269. The molecule has 0 saturated heterocycles. The number of methoxy groups -OCH3 is 2. The van der Waals surface area contributed by atoms with Gasteiger partial charge in [-0.15, -0.1) is 16.4 Å². The Morgan fingerprint density at radius 1 is 1.12 bits per heavy atom. The van der Waals surface area contributed by atoms with Gasteiger partial charge in [0.2, 0.25) is 4.96 Å². The number of benzene rings is 2. The van der Waals surface area contributed by atoms with E-state index in [-0.39, 0.29) is 12.5 Å². The topological polar surface area (TPSA) is 113 Å². The lowest BCUT2D eigenvalue weighted by atomic mass is 10.1. The molecule has 0 spiro atoms.